The molecule has 1 aromatic carbocycles. The predicted molar refractivity (Wildman–Crippen MR) is 89.0 cm³/mol. The fraction of sp³-hybridized carbons (Fsp3) is 0.647. The number of benzene rings is 1. The van der Waals surface area contributed by atoms with Crippen molar-refractivity contribution in [2.24, 2.45) is 5.73 Å². The summed E-state index contributed by atoms with van der Waals surface area (Å²) in [5.41, 5.74) is 8.72. The fourth-order valence-corrected chi connectivity index (χ4v) is 3.58. The van der Waals surface area contributed by atoms with E-state index in [1.165, 1.54) is 44.0 Å². The lowest BCUT2D eigenvalue weighted by molar-refractivity contribution is 0.157. The summed E-state index contributed by atoms with van der Waals surface area (Å²) in [6, 6.07) is 8.88. The summed E-state index contributed by atoms with van der Waals surface area (Å²) in [5.74, 6) is 0.624. The highest BCUT2D eigenvalue weighted by Crippen LogP contribution is 2.37. The molecule has 1 aromatic rings. The van der Waals surface area contributed by atoms with Crippen molar-refractivity contribution < 1.29 is 0 Å². The standard InChI is InChI=1S/C17H28N4/c1-19-8-10-20(11-9-19)12-13-21-14-15(6-7-18)16-4-2-3-5-17(16)21/h2-5,15H,6-14,18H2,1H3. The van der Waals surface area contributed by atoms with E-state index in [1.807, 2.05) is 0 Å². The van der Waals surface area contributed by atoms with Gasteiger partial charge in [-0.15, -0.1) is 0 Å². The molecule has 2 aliphatic rings. The van der Waals surface area contributed by atoms with Crippen LogP contribution in [0.2, 0.25) is 0 Å². The van der Waals surface area contributed by atoms with Gasteiger partial charge in [0, 0.05) is 57.4 Å². The Labute approximate surface area is 128 Å². The molecule has 116 valence electrons. The number of piperazine rings is 1. The van der Waals surface area contributed by atoms with Gasteiger partial charge in [-0.05, 0) is 31.6 Å². The molecule has 2 aliphatic heterocycles. The zero-order chi connectivity index (χ0) is 14.7. The smallest absolute Gasteiger partial charge is 0.0402 e. The Morgan fingerprint density at radius 3 is 2.62 bits per heavy atom. The zero-order valence-corrected chi connectivity index (χ0v) is 13.2. The molecule has 2 heterocycles. The monoisotopic (exact) mass is 288 g/mol. The highest BCUT2D eigenvalue weighted by Gasteiger charge is 2.27. The number of para-hydroxylation sites is 1. The number of anilines is 1. The number of hydrogen-bond donors (Lipinski definition) is 1. The van der Waals surface area contributed by atoms with Crippen LogP contribution >= 0.6 is 0 Å². The molecule has 1 atom stereocenters. The summed E-state index contributed by atoms with van der Waals surface area (Å²) in [4.78, 5) is 7.58. The summed E-state index contributed by atoms with van der Waals surface area (Å²) in [6.07, 6.45) is 1.10. The van der Waals surface area contributed by atoms with Gasteiger partial charge in [-0.3, -0.25) is 4.90 Å². The number of rotatable bonds is 5. The molecule has 0 spiro atoms. The van der Waals surface area contributed by atoms with Crippen molar-refractivity contribution in [3.8, 4) is 0 Å². The third-order valence-corrected chi connectivity index (χ3v) is 4.96. The second kappa shape index (κ2) is 6.77. The van der Waals surface area contributed by atoms with E-state index in [0.717, 1.165) is 26.1 Å². The van der Waals surface area contributed by atoms with Crippen molar-refractivity contribution in [1.29, 1.82) is 0 Å². The van der Waals surface area contributed by atoms with Crippen LogP contribution in [-0.4, -0.2) is 69.2 Å². The molecular weight excluding hydrogens is 260 g/mol. The van der Waals surface area contributed by atoms with Gasteiger partial charge in [-0.2, -0.15) is 0 Å². The number of fused-ring (bicyclic) bond motifs is 1. The van der Waals surface area contributed by atoms with E-state index in [-0.39, 0.29) is 0 Å². The lowest BCUT2D eigenvalue weighted by Crippen LogP contribution is -2.46. The van der Waals surface area contributed by atoms with Crippen LogP contribution < -0.4 is 10.6 Å². The largest absolute Gasteiger partial charge is 0.369 e. The van der Waals surface area contributed by atoms with E-state index in [2.05, 4.69) is 46.0 Å². The van der Waals surface area contributed by atoms with Crippen LogP contribution in [0.4, 0.5) is 5.69 Å². The van der Waals surface area contributed by atoms with Gasteiger partial charge in [0.15, 0.2) is 0 Å². The van der Waals surface area contributed by atoms with Crippen LogP contribution in [0.5, 0.6) is 0 Å². The molecule has 0 amide bonds. The van der Waals surface area contributed by atoms with Gasteiger partial charge < -0.3 is 15.5 Å². The quantitative estimate of drug-likeness (QED) is 0.883. The lowest BCUT2D eigenvalue weighted by atomic mass is 9.98. The Morgan fingerprint density at radius 1 is 1.10 bits per heavy atom. The summed E-state index contributed by atoms with van der Waals surface area (Å²) in [7, 11) is 2.21. The molecule has 0 bridgehead atoms. The molecule has 3 rings (SSSR count). The van der Waals surface area contributed by atoms with E-state index in [4.69, 9.17) is 5.73 Å². The molecule has 0 radical (unpaired) electrons. The molecular formula is C17H28N4. The predicted octanol–water partition coefficient (Wildman–Crippen LogP) is 1.19. The van der Waals surface area contributed by atoms with Gasteiger partial charge in [-0.1, -0.05) is 18.2 Å². The highest BCUT2D eigenvalue weighted by molar-refractivity contribution is 5.60. The van der Waals surface area contributed by atoms with Crippen LogP contribution in [0.25, 0.3) is 0 Å². The van der Waals surface area contributed by atoms with Gasteiger partial charge in [-0.25, -0.2) is 0 Å². The van der Waals surface area contributed by atoms with Crippen molar-refractivity contribution in [2.75, 3.05) is 64.3 Å². The number of nitrogens with zero attached hydrogens (tertiary/aromatic N) is 3. The van der Waals surface area contributed by atoms with Crippen molar-refractivity contribution in [3.05, 3.63) is 29.8 Å². The van der Waals surface area contributed by atoms with Crippen LogP contribution in [0.3, 0.4) is 0 Å². The average molecular weight is 288 g/mol. The Hall–Kier alpha value is -1.10. The molecule has 1 unspecified atom stereocenters. The average Bonchev–Trinajstić information content (AvgIpc) is 2.86. The number of hydrogen-bond acceptors (Lipinski definition) is 4. The third kappa shape index (κ3) is 3.39. The minimum absolute atomic E-state index is 0.624. The molecule has 2 N–H and O–H groups in total. The molecule has 1 fully saturated rings. The second-order valence-corrected chi connectivity index (χ2v) is 6.42. The summed E-state index contributed by atoms with van der Waals surface area (Å²) in [6.45, 7) is 9.06. The first-order chi connectivity index (χ1) is 10.3. The maximum Gasteiger partial charge on any atom is 0.0402 e. The van der Waals surface area contributed by atoms with Crippen molar-refractivity contribution in [2.45, 2.75) is 12.3 Å². The van der Waals surface area contributed by atoms with E-state index >= 15 is 0 Å². The first-order valence-corrected chi connectivity index (χ1v) is 8.23. The zero-order valence-electron chi connectivity index (χ0n) is 13.2. The number of likely N-dealkylation sites (N-methyl/N-ethyl adjacent to an activating group) is 1. The second-order valence-electron chi connectivity index (χ2n) is 6.42. The molecule has 1 saturated heterocycles. The Morgan fingerprint density at radius 2 is 1.86 bits per heavy atom. The first kappa shape index (κ1) is 14.8. The summed E-state index contributed by atoms with van der Waals surface area (Å²) < 4.78 is 0. The number of nitrogens with two attached hydrogens (primary N) is 1. The summed E-state index contributed by atoms with van der Waals surface area (Å²) in [5, 5.41) is 0. The van der Waals surface area contributed by atoms with E-state index < -0.39 is 0 Å². The fourth-order valence-electron chi connectivity index (χ4n) is 3.58. The molecule has 0 aromatic heterocycles. The molecule has 4 heteroatoms. The molecule has 4 nitrogen and oxygen atoms in total. The normalized spacial score (nSPS) is 23.5. The molecule has 0 aliphatic carbocycles. The Balaban J connectivity index is 1.59. The maximum atomic E-state index is 5.78. The third-order valence-electron chi connectivity index (χ3n) is 4.96. The maximum absolute atomic E-state index is 5.78. The van der Waals surface area contributed by atoms with Gasteiger partial charge in [0.1, 0.15) is 0 Å². The molecule has 21 heavy (non-hydrogen) atoms. The SMILES string of the molecule is CN1CCN(CCN2CC(CCN)c3ccccc32)CC1. The van der Waals surface area contributed by atoms with Crippen LogP contribution in [0, 0.1) is 0 Å². The first-order valence-electron chi connectivity index (χ1n) is 8.23. The molecule has 0 saturated carbocycles. The Bertz CT molecular complexity index is 454. The van der Waals surface area contributed by atoms with E-state index in [9.17, 15) is 0 Å². The highest BCUT2D eigenvalue weighted by atomic mass is 15.3. The minimum atomic E-state index is 0.624. The lowest BCUT2D eigenvalue weighted by Gasteiger charge is -2.33. The van der Waals surface area contributed by atoms with Crippen molar-refractivity contribution >= 4 is 5.69 Å². The van der Waals surface area contributed by atoms with Crippen LogP contribution in [0.15, 0.2) is 24.3 Å². The van der Waals surface area contributed by atoms with Crippen LogP contribution in [-0.2, 0) is 0 Å². The summed E-state index contributed by atoms with van der Waals surface area (Å²) >= 11 is 0. The van der Waals surface area contributed by atoms with Crippen LogP contribution in [0.1, 0.15) is 17.9 Å². The topological polar surface area (TPSA) is 35.7 Å². The van der Waals surface area contributed by atoms with E-state index in [0.29, 0.717) is 5.92 Å². The van der Waals surface area contributed by atoms with Gasteiger partial charge >= 0.3 is 0 Å². The van der Waals surface area contributed by atoms with Crippen molar-refractivity contribution in [1.82, 2.24) is 9.80 Å². The minimum Gasteiger partial charge on any atom is -0.369 e. The Kier molecular flexibility index (Phi) is 4.78. The van der Waals surface area contributed by atoms with Gasteiger partial charge in [0.2, 0.25) is 0 Å². The van der Waals surface area contributed by atoms with E-state index in [1.54, 1.807) is 0 Å². The van der Waals surface area contributed by atoms with Gasteiger partial charge in [0.25, 0.3) is 0 Å². The van der Waals surface area contributed by atoms with Crippen molar-refractivity contribution in [3.63, 3.8) is 0 Å². The van der Waals surface area contributed by atoms with Gasteiger partial charge in [0.05, 0.1) is 0 Å².